The number of hydrogen-bond donors (Lipinski definition) is 2. The lowest BCUT2D eigenvalue weighted by atomic mass is 10.2. The minimum absolute atomic E-state index is 0.329. The molecule has 3 rings (SSSR count). The fourth-order valence-corrected chi connectivity index (χ4v) is 2.36. The first-order valence-corrected chi connectivity index (χ1v) is 8.13. The molecule has 0 saturated carbocycles. The largest absolute Gasteiger partial charge is 0.384 e. The van der Waals surface area contributed by atoms with Crippen LogP contribution < -0.4 is 5.73 Å². The van der Waals surface area contributed by atoms with Crippen molar-refractivity contribution in [2.45, 2.75) is 6.42 Å². The first-order chi connectivity index (χ1) is 12.1. The maximum atomic E-state index is 5.92. The fraction of sp³-hybridized carbons (Fsp3) is 0.0588. The second-order valence-corrected chi connectivity index (χ2v) is 5.98. The number of benzene rings is 1. The van der Waals surface area contributed by atoms with E-state index in [2.05, 4.69) is 25.2 Å². The molecule has 6 nitrogen and oxygen atoms in total. The van der Waals surface area contributed by atoms with Crippen molar-refractivity contribution in [3.05, 3.63) is 76.1 Å². The number of aromatic nitrogens is 4. The molecule has 0 spiro atoms. The topological polar surface area (TPSA) is 92.8 Å². The summed E-state index contributed by atoms with van der Waals surface area (Å²) in [7, 11) is 0. The van der Waals surface area contributed by atoms with E-state index < -0.39 is 0 Å². The minimum atomic E-state index is 0.329. The van der Waals surface area contributed by atoms with Crippen molar-refractivity contribution in [3.8, 4) is 0 Å². The predicted molar refractivity (Wildman–Crippen MR) is 100 cm³/mol. The van der Waals surface area contributed by atoms with Crippen LogP contribution in [-0.4, -0.2) is 26.0 Å². The Balaban J connectivity index is 1.66. The molecule has 1 aromatic carbocycles. The third-order valence-corrected chi connectivity index (χ3v) is 3.64. The molecule has 0 aliphatic rings. The van der Waals surface area contributed by atoms with Crippen LogP contribution in [0.2, 0.25) is 10.2 Å². The summed E-state index contributed by atoms with van der Waals surface area (Å²) in [6.07, 6.45) is 5.61. The highest BCUT2D eigenvalue weighted by molar-refractivity contribution is 6.30. The Morgan fingerprint density at radius 2 is 2.12 bits per heavy atom. The number of aromatic amines is 1. The van der Waals surface area contributed by atoms with E-state index in [9.17, 15) is 0 Å². The molecule has 0 aliphatic heterocycles. The Kier molecular flexibility index (Phi) is 5.42. The van der Waals surface area contributed by atoms with Crippen LogP contribution in [0.3, 0.4) is 0 Å². The minimum Gasteiger partial charge on any atom is -0.384 e. The van der Waals surface area contributed by atoms with Gasteiger partial charge in [0.25, 0.3) is 0 Å². The second kappa shape index (κ2) is 7.92. The highest BCUT2D eigenvalue weighted by Crippen LogP contribution is 2.17. The van der Waals surface area contributed by atoms with Crippen LogP contribution >= 0.6 is 23.2 Å². The van der Waals surface area contributed by atoms with Crippen LogP contribution in [0.5, 0.6) is 0 Å². The van der Waals surface area contributed by atoms with Gasteiger partial charge in [-0.2, -0.15) is 5.10 Å². The zero-order valence-corrected chi connectivity index (χ0v) is 14.5. The summed E-state index contributed by atoms with van der Waals surface area (Å²) in [5.41, 5.74) is 7.55. The maximum absolute atomic E-state index is 5.92. The maximum Gasteiger partial charge on any atom is 0.174 e. The van der Waals surface area contributed by atoms with Crippen molar-refractivity contribution in [1.82, 2.24) is 20.2 Å². The summed E-state index contributed by atoms with van der Waals surface area (Å²) in [5.74, 6) is 1.56. The molecular formula is C17H14Cl2N6. The smallest absolute Gasteiger partial charge is 0.174 e. The molecule has 0 radical (unpaired) electrons. The average Bonchev–Trinajstić information content (AvgIpc) is 3.03. The molecule has 0 saturated heterocycles. The number of nitrogens with two attached hydrogens (primary N) is 1. The first-order valence-electron chi connectivity index (χ1n) is 7.38. The van der Waals surface area contributed by atoms with E-state index in [4.69, 9.17) is 28.9 Å². The van der Waals surface area contributed by atoms with Crippen LogP contribution in [-0.2, 0) is 6.42 Å². The highest BCUT2D eigenvalue weighted by Gasteiger charge is 2.03. The number of amidine groups is 1. The number of nitrogens with zero attached hydrogens (tertiary/aromatic N) is 4. The molecule has 8 heteroatoms. The van der Waals surface area contributed by atoms with Gasteiger partial charge in [0.05, 0.1) is 5.69 Å². The van der Waals surface area contributed by atoms with Gasteiger partial charge in [-0.25, -0.2) is 15.0 Å². The average molecular weight is 373 g/mol. The van der Waals surface area contributed by atoms with E-state index in [1.807, 2.05) is 18.2 Å². The summed E-state index contributed by atoms with van der Waals surface area (Å²) < 4.78 is 0. The summed E-state index contributed by atoms with van der Waals surface area (Å²) in [5, 5.41) is 8.06. The van der Waals surface area contributed by atoms with Crippen LogP contribution in [0.4, 0.5) is 5.69 Å². The monoisotopic (exact) mass is 372 g/mol. The van der Waals surface area contributed by atoms with Crippen molar-refractivity contribution in [2.75, 3.05) is 0 Å². The second-order valence-electron chi connectivity index (χ2n) is 5.16. The molecular weight excluding hydrogens is 359 g/mol. The van der Waals surface area contributed by atoms with E-state index in [1.165, 1.54) is 0 Å². The molecule has 0 unspecified atom stereocenters. The van der Waals surface area contributed by atoms with Crippen molar-refractivity contribution in [2.24, 2.45) is 10.7 Å². The lowest BCUT2D eigenvalue weighted by Crippen LogP contribution is -2.06. The quantitative estimate of drug-likeness (QED) is 0.404. The van der Waals surface area contributed by atoms with Crippen molar-refractivity contribution < 1.29 is 0 Å². The Hall–Kier alpha value is -2.70. The lowest BCUT2D eigenvalue weighted by Gasteiger charge is -1.96. The SMILES string of the molecule is NC(/C=C\c1n[nH]c(Cc2ccc(Cl)nc2)n1)=Nc1cccc(Cl)c1. The number of hydrogen-bond acceptors (Lipinski definition) is 4. The molecule has 2 heterocycles. The molecule has 0 amide bonds. The molecule has 3 N–H and O–H groups in total. The summed E-state index contributed by atoms with van der Waals surface area (Å²) >= 11 is 11.7. The Morgan fingerprint density at radius 1 is 1.24 bits per heavy atom. The zero-order chi connectivity index (χ0) is 17.6. The van der Waals surface area contributed by atoms with Crippen LogP contribution in [0.15, 0.2) is 53.7 Å². The third kappa shape index (κ3) is 5.14. The van der Waals surface area contributed by atoms with Gasteiger partial charge in [0, 0.05) is 17.6 Å². The molecule has 0 atom stereocenters. The van der Waals surface area contributed by atoms with Crippen LogP contribution in [0.1, 0.15) is 17.2 Å². The van der Waals surface area contributed by atoms with Gasteiger partial charge in [-0.1, -0.05) is 35.3 Å². The van der Waals surface area contributed by atoms with Crippen molar-refractivity contribution in [1.29, 1.82) is 0 Å². The molecule has 2 aromatic heterocycles. The first kappa shape index (κ1) is 17.1. The number of aliphatic imine (C=N–C) groups is 1. The molecule has 0 aliphatic carbocycles. The standard InChI is InChI=1S/C17H14Cl2N6/c18-12-2-1-3-13(9-12)22-15(20)6-7-16-23-17(25-24-16)8-11-4-5-14(19)21-10-11/h1-7,9-10H,8H2,(H2,20,22)(H,23,24,25)/b7-6-. The van der Waals surface area contributed by atoms with Gasteiger partial charge in [-0.05, 0) is 42.0 Å². The van der Waals surface area contributed by atoms with Gasteiger partial charge < -0.3 is 5.73 Å². The molecule has 0 bridgehead atoms. The van der Waals surface area contributed by atoms with Crippen LogP contribution in [0, 0.1) is 0 Å². The Bertz CT molecular complexity index is 915. The predicted octanol–water partition coefficient (Wildman–Crippen LogP) is 3.80. The molecule has 126 valence electrons. The van der Waals surface area contributed by atoms with E-state index in [-0.39, 0.29) is 0 Å². The third-order valence-electron chi connectivity index (χ3n) is 3.18. The number of nitrogens with one attached hydrogen (secondary N) is 1. The summed E-state index contributed by atoms with van der Waals surface area (Å²) in [4.78, 5) is 12.7. The fourth-order valence-electron chi connectivity index (χ4n) is 2.06. The van der Waals surface area contributed by atoms with Gasteiger partial charge in [0.2, 0.25) is 0 Å². The van der Waals surface area contributed by atoms with E-state index in [0.717, 1.165) is 5.56 Å². The number of pyridine rings is 1. The Morgan fingerprint density at radius 3 is 2.88 bits per heavy atom. The van der Waals surface area contributed by atoms with Crippen LogP contribution in [0.25, 0.3) is 6.08 Å². The van der Waals surface area contributed by atoms with Gasteiger partial charge in [-0.15, -0.1) is 0 Å². The van der Waals surface area contributed by atoms with E-state index in [1.54, 1.807) is 36.5 Å². The van der Waals surface area contributed by atoms with Crippen molar-refractivity contribution >= 4 is 40.8 Å². The zero-order valence-electron chi connectivity index (χ0n) is 13.0. The molecule has 25 heavy (non-hydrogen) atoms. The van der Waals surface area contributed by atoms with Gasteiger partial charge in [0.1, 0.15) is 16.8 Å². The highest BCUT2D eigenvalue weighted by atomic mass is 35.5. The molecule has 3 aromatic rings. The molecule has 0 fully saturated rings. The normalized spacial score (nSPS) is 12.0. The van der Waals surface area contributed by atoms with Gasteiger partial charge in [0.15, 0.2) is 5.82 Å². The van der Waals surface area contributed by atoms with Gasteiger partial charge >= 0.3 is 0 Å². The summed E-state index contributed by atoms with van der Waals surface area (Å²) in [6, 6.07) is 10.8. The number of rotatable bonds is 5. The van der Waals surface area contributed by atoms with E-state index in [0.29, 0.717) is 39.8 Å². The van der Waals surface area contributed by atoms with E-state index >= 15 is 0 Å². The number of H-pyrrole nitrogens is 1. The Labute approximate surface area is 154 Å². The summed E-state index contributed by atoms with van der Waals surface area (Å²) in [6.45, 7) is 0. The lowest BCUT2D eigenvalue weighted by molar-refractivity contribution is 0.966. The van der Waals surface area contributed by atoms with Gasteiger partial charge in [-0.3, -0.25) is 5.10 Å². The number of halogens is 2. The van der Waals surface area contributed by atoms with Crippen molar-refractivity contribution in [3.63, 3.8) is 0 Å².